The van der Waals surface area contributed by atoms with Crippen molar-refractivity contribution in [3.8, 4) is 0 Å². The Bertz CT molecular complexity index is 93.0. The predicted octanol–water partition coefficient (Wildman–Crippen LogP) is 2.97. The van der Waals surface area contributed by atoms with Crippen molar-refractivity contribution in [1.82, 2.24) is 0 Å². The van der Waals surface area contributed by atoms with Gasteiger partial charge in [0.25, 0.3) is 0 Å². The summed E-state index contributed by atoms with van der Waals surface area (Å²) in [6, 6.07) is 0. The van der Waals surface area contributed by atoms with E-state index in [0.717, 1.165) is 25.7 Å². The summed E-state index contributed by atoms with van der Waals surface area (Å²) in [6.07, 6.45) is 3.86. The third-order valence-electron chi connectivity index (χ3n) is 2.50. The Labute approximate surface area is 70.8 Å². The van der Waals surface area contributed by atoms with Gasteiger partial charge in [-0.1, -0.05) is 27.7 Å². The zero-order valence-corrected chi connectivity index (χ0v) is 8.35. The monoisotopic (exact) mass is 158 g/mol. The van der Waals surface area contributed by atoms with Gasteiger partial charge in [-0.3, -0.25) is 0 Å². The average molecular weight is 158 g/mol. The van der Waals surface area contributed by atoms with Gasteiger partial charge in [-0.05, 0) is 31.6 Å². The van der Waals surface area contributed by atoms with Gasteiger partial charge in [0.2, 0.25) is 0 Å². The molecule has 0 aromatic heterocycles. The molecule has 0 bridgehead atoms. The van der Waals surface area contributed by atoms with Crippen LogP contribution < -0.4 is 0 Å². The standard InChI is InChI=1S/C10H22O/c1-5-10(11,6-2)8-7-9(3)4/h9,11H,5-8H2,1-4H3. The largest absolute Gasteiger partial charge is 0.390 e. The number of hydrogen-bond donors (Lipinski definition) is 1. The van der Waals surface area contributed by atoms with Gasteiger partial charge in [-0.2, -0.15) is 0 Å². The van der Waals surface area contributed by atoms with E-state index in [0.29, 0.717) is 5.92 Å². The van der Waals surface area contributed by atoms with E-state index in [9.17, 15) is 5.11 Å². The third kappa shape index (κ3) is 4.41. The van der Waals surface area contributed by atoms with Crippen molar-refractivity contribution in [1.29, 1.82) is 0 Å². The van der Waals surface area contributed by atoms with Crippen LogP contribution in [0.3, 0.4) is 0 Å². The maximum Gasteiger partial charge on any atom is 0.0642 e. The predicted molar refractivity (Wildman–Crippen MR) is 49.6 cm³/mol. The third-order valence-corrected chi connectivity index (χ3v) is 2.50. The van der Waals surface area contributed by atoms with E-state index >= 15 is 0 Å². The minimum absolute atomic E-state index is 0.385. The molecule has 0 radical (unpaired) electrons. The van der Waals surface area contributed by atoms with Crippen LogP contribution in [0, 0.1) is 5.92 Å². The Kier molecular flexibility index (Phi) is 4.74. The zero-order chi connectivity index (χ0) is 8.91. The first-order valence-electron chi connectivity index (χ1n) is 4.76. The van der Waals surface area contributed by atoms with E-state index in [1.165, 1.54) is 0 Å². The van der Waals surface area contributed by atoms with E-state index in [4.69, 9.17) is 0 Å². The van der Waals surface area contributed by atoms with Gasteiger partial charge in [0.15, 0.2) is 0 Å². The molecule has 0 aromatic rings. The second-order valence-corrected chi connectivity index (χ2v) is 3.86. The molecule has 68 valence electrons. The number of aliphatic hydroxyl groups is 1. The summed E-state index contributed by atoms with van der Waals surface area (Å²) in [5.74, 6) is 0.708. The first-order chi connectivity index (χ1) is 5.04. The molecular formula is C10H22O. The first-order valence-corrected chi connectivity index (χ1v) is 4.76. The lowest BCUT2D eigenvalue weighted by atomic mass is 9.89. The smallest absolute Gasteiger partial charge is 0.0642 e. The Hall–Kier alpha value is -0.0400. The SMILES string of the molecule is CCC(O)(CC)CCC(C)C. The van der Waals surface area contributed by atoms with Crippen molar-refractivity contribution in [2.24, 2.45) is 5.92 Å². The summed E-state index contributed by atoms with van der Waals surface area (Å²) in [7, 11) is 0. The molecule has 0 saturated heterocycles. The van der Waals surface area contributed by atoms with E-state index in [2.05, 4.69) is 27.7 Å². The topological polar surface area (TPSA) is 20.2 Å². The highest BCUT2D eigenvalue weighted by molar-refractivity contribution is 4.74. The highest BCUT2D eigenvalue weighted by atomic mass is 16.3. The highest BCUT2D eigenvalue weighted by Gasteiger charge is 2.21. The van der Waals surface area contributed by atoms with Crippen LogP contribution in [0.4, 0.5) is 0 Å². The molecular weight excluding hydrogens is 136 g/mol. The molecule has 0 rings (SSSR count). The van der Waals surface area contributed by atoms with Crippen LogP contribution in [0.15, 0.2) is 0 Å². The molecule has 0 amide bonds. The fourth-order valence-corrected chi connectivity index (χ4v) is 1.16. The summed E-state index contributed by atoms with van der Waals surface area (Å²) in [4.78, 5) is 0. The summed E-state index contributed by atoms with van der Waals surface area (Å²) < 4.78 is 0. The van der Waals surface area contributed by atoms with Crippen LogP contribution in [-0.4, -0.2) is 10.7 Å². The summed E-state index contributed by atoms with van der Waals surface area (Å²) in [5.41, 5.74) is -0.385. The minimum atomic E-state index is -0.385. The zero-order valence-electron chi connectivity index (χ0n) is 8.35. The van der Waals surface area contributed by atoms with Gasteiger partial charge < -0.3 is 5.11 Å². The van der Waals surface area contributed by atoms with Crippen LogP contribution in [0.5, 0.6) is 0 Å². The highest BCUT2D eigenvalue weighted by Crippen LogP contribution is 2.23. The van der Waals surface area contributed by atoms with Gasteiger partial charge in [0.05, 0.1) is 5.60 Å². The molecule has 1 nitrogen and oxygen atoms in total. The first kappa shape index (κ1) is 11.0. The van der Waals surface area contributed by atoms with E-state index < -0.39 is 0 Å². The quantitative estimate of drug-likeness (QED) is 0.652. The summed E-state index contributed by atoms with van der Waals surface area (Å²) >= 11 is 0. The molecule has 0 aliphatic carbocycles. The van der Waals surface area contributed by atoms with Crippen LogP contribution in [-0.2, 0) is 0 Å². The van der Waals surface area contributed by atoms with E-state index in [1.54, 1.807) is 0 Å². The maximum absolute atomic E-state index is 9.88. The van der Waals surface area contributed by atoms with Crippen molar-refractivity contribution < 1.29 is 5.11 Å². The molecule has 0 aliphatic heterocycles. The molecule has 0 heterocycles. The minimum Gasteiger partial charge on any atom is -0.390 e. The summed E-state index contributed by atoms with van der Waals surface area (Å²) in [6.45, 7) is 8.52. The number of rotatable bonds is 5. The Morgan fingerprint density at radius 2 is 1.64 bits per heavy atom. The van der Waals surface area contributed by atoms with Crippen molar-refractivity contribution in [3.63, 3.8) is 0 Å². The van der Waals surface area contributed by atoms with Crippen molar-refractivity contribution in [2.45, 2.75) is 59.0 Å². The lowest BCUT2D eigenvalue weighted by Crippen LogP contribution is -2.26. The molecule has 11 heavy (non-hydrogen) atoms. The molecule has 0 aliphatic rings. The molecule has 1 heteroatoms. The van der Waals surface area contributed by atoms with Crippen LogP contribution in [0.25, 0.3) is 0 Å². The van der Waals surface area contributed by atoms with Gasteiger partial charge in [-0.15, -0.1) is 0 Å². The molecule has 0 spiro atoms. The molecule has 0 fully saturated rings. The Balaban J connectivity index is 3.69. The van der Waals surface area contributed by atoms with Crippen molar-refractivity contribution in [2.75, 3.05) is 0 Å². The lowest BCUT2D eigenvalue weighted by Gasteiger charge is -2.25. The molecule has 0 atom stereocenters. The Morgan fingerprint density at radius 3 is 1.91 bits per heavy atom. The maximum atomic E-state index is 9.88. The fourth-order valence-electron chi connectivity index (χ4n) is 1.16. The van der Waals surface area contributed by atoms with Gasteiger partial charge in [0, 0.05) is 0 Å². The molecule has 0 aromatic carbocycles. The van der Waals surface area contributed by atoms with Crippen LogP contribution in [0.2, 0.25) is 0 Å². The van der Waals surface area contributed by atoms with Crippen LogP contribution in [0.1, 0.15) is 53.4 Å². The van der Waals surface area contributed by atoms with E-state index in [-0.39, 0.29) is 5.60 Å². The second kappa shape index (κ2) is 4.76. The van der Waals surface area contributed by atoms with Gasteiger partial charge >= 0.3 is 0 Å². The Morgan fingerprint density at radius 1 is 1.18 bits per heavy atom. The van der Waals surface area contributed by atoms with Crippen molar-refractivity contribution in [3.05, 3.63) is 0 Å². The molecule has 0 saturated carbocycles. The lowest BCUT2D eigenvalue weighted by molar-refractivity contribution is 0.0187. The number of hydrogen-bond acceptors (Lipinski definition) is 1. The van der Waals surface area contributed by atoms with E-state index in [1.807, 2.05) is 0 Å². The van der Waals surface area contributed by atoms with Crippen LogP contribution >= 0.6 is 0 Å². The average Bonchev–Trinajstić information content (AvgIpc) is 2.00. The van der Waals surface area contributed by atoms with Gasteiger partial charge in [-0.25, -0.2) is 0 Å². The summed E-state index contributed by atoms with van der Waals surface area (Å²) in [5, 5.41) is 9.88. The molecule has 1 N–H and O–H groups in total. The fraction of sp³-hybridized carbons (Fsp3) is 1.00. The van der Waals surface area contributed by atoms with Crippen molar-refractivity contribution >= 4 is 0 Å². The molecule has 0 unspecified atom stereocenters. The second-order valence-electron chi connectivity index (χ2n) is 3.86. The normalized spacial score (nSPS) is 12.5. The van der Waals surface area contributed by atoms with Gasteiger partial charge in [0.1, 0.15) is 0 Å².